The smallest absolute Gasteiger partial charge is 0.271 e. The Bertz CT molecular complexity index is 1130. The zero-order valence-corrected chi connectivity index (χ0v) is 15.6. The van der Waals surface area contributed by atoms with E-state index in [0.29, 0.717) is 22.1 Å². The molecule has 1 amide bonds. The Hall–Kier alpha value is -3.69. The Morgan fingerprint density at radius 1 is 1.00 bits per heavy atom. The van der Waals surface area contributed by atoms with Gasteiger partial charge in [0.15, 0.2) is 11.7 Å². The van der Waals surface area contributed by atoms with Crippen LogP contribution in [0.25, 0.3) is 10.2 Å². The number of nitriles is 1. The Morgan fingerprint density at radius 2 is 1.71 bits per heavy atom. The molecule has 0 aliphatic rings. The van der Waals surface area contributed by atoms with Crippen molar-refractivity contribution in [1.82, 2.24) is 4.98 Å². The summed E-state index contributed by atoms with van der Waals surface area (Å²) >= 11 is 1.44. The molecule has 0 aliphatic heterocycles. The van der Waals surface area contributed by atoms with Crippen molar-refractivity contribution in [2.45, 2.75) is 0 Å². The largest absolute Gasteiger partial charge is 0.482 e. The second-order valence-corrected chi connectivity index (χ2v) is 6.93. The van der Waals surface area contributed by atoms with E-state index in [0.717, 1.165) is 10.2 Å². The third kappa shape index (κ3) is 3.56. The van der Waals surface area contributed by atoms with Gasteiger partial charge in [-0.05, 0) is 36.4 Å². The number of para-hydroxylation sites is 3. The van der Waals surface area contributed by atoms with Gasteiger partial charge in [0.05, 0.1) is 21.5 Å². The number of amides is 1. The van der Waals surface area contributed by atoms with E-state index in [1.807, 2.05) is 54.6 Å². The minimum absolute atomic E-state index is 0.205. The van der Waals surface area contributed by atoms with Crippen molar-refractivity contribution in [1.29, 1.82) is 5.26 Å². The summed E-state index contributed by atoms with van der Waals surface area (Å²) in [6.07, 6.45) is 0. The summed E-state index contributed by atoms with van der Waals surface area (Å²) in [6, 6.07) is 26.0. The van der Waals surface area contributed by atoms with Crippen LogP contribution >= 0.6 is 11.3 Å². The summed E-state index contributed by atoms with van der Waals surface area (Å²) in [7, 11) is 0. The van der Waals surface area contributed by atoms with Crippen LogP contribution in [0.15, 0.2) is 78.9 Å². The molecule has 0 bridgehead atoms. The van der Waals surface area contributed by atoms with Gasteiger partial charge in [-0.3, -0.25) is 9.69 Å². The van der Waals surface area contributed by atoms with E-state index in [-0.39, 0.29) is 12.5 Å². The lowest BCUT2D eigenvalue weighted by Crippen LogP contribution is -2.30. The molecule has 1 heterocycles. The number of aromatic nitrogens is 1. The van der Waals surface area contributed by atoms with Gasteiger partial charge in [-0.2, -0.15) is 5.26 Å². The van der Waals surface area contributed by atoms with Crippen LogP contribution in [-0.2, 0) is 4.79 Å². The van der Waals surface area contributed by atoms with Crippen molar-refractivity contribution in [3.8, 4) is 11.8 Å². The summed E-state index contributed by atoms with van der Waals surface area (Å²) < 4.78 is 6.65. The second-order valence-electron chi connectivity index (χ2n) is 5.93. The van der Waals surface area contributed by atoms with Gasteiger partial charge in [-0.15, -0.1) is 0 Å². The number of rotatable bonds is 5. The first kappa shape index (κ1) is 17.7. The summed E-state index contributed by atoms with van der Waals surface area (Å²) in [5.74, 6) is 0.119. The molecule has 0 radical (unpaired) electrons. The van der Waals surface area contributed by atoms with Crippen LogP contribution in [0.1, 0.15) is 5.56 Å². The maximum Gasteiger partial charge on any atom is 0.271 e. The van der Waals surface area contributed by atoms with Crippen molar-refractivity contribution in [3.05, 3.63) is 84.4 Å². The minimum atomic E-state index is -0.266. The molecular formula is C22H15N3O2S. The van der Waals surface area contributed by atoms with Gasteiger partial charge >= 0.3 is 0 Å². The van der Waals surface area contributed by atoms with Gasteiger partial charge < -0.3 is 4.74 Å². The first-order chi connectivity index (χ1) is 13.8. The fourth-order valence-corrected chi connectivity index (χ4v) is 3.79. The van der Waals surface area contributed by atoms with Crippen LogP contribution in [0, 0.1) is 11.3 Å². The third-order valence-corrected chi connectivity index (χ3v) is 5.12. The number of benzene rings is 3. The quantitative estimate of drug-likeness (QED) is 0.489. The van der Waals surface area contributed by atoms with Gasteiger partial charge in [0.25, 0.3) is 5.91 Å². The summed E-state index contributed by atoms with van der Waals surface area (Å²) in [5.41, 5.74) is 1.94. The number of carbonyl (C=O) groups excluding carboxylic acids is 1. The molecule has 5 nitrogen and oxygen atoms in total. The first-order valence-corrected chi connectivity index (χ1v) is 9.43. The van der Waals surface area contributed by atoms with Crippen LogP contribution in [0.3, 0.4) is 0 Å². The number of hydrogen-bond acceptors (Lipinski definition) is 5. The molecule has 0 unspecified atom stereocenters. The highest BCUT2D eigenvalue weighted by atomic mass is 32.1. The molecule has 0 atom stereocenters. The van der Waals surface area contributed by atoms with E-state index in [1.165, 1.54) is 11.3 Å². The SMILES string of the molecule is N#Cc1ccccc1OCC(=O)N(c1ccccc1)c1nc2ccccc2s1. The lowest BCUT2D eigenvalue weighted by Gasteiger charge is -2.20. The molecule has 0 N–H and O–H groups in total. The molecule has 1 aromatic heterocycles. The summed E-state index contributed by atoms with van der Waals surface area (Å²) in [5, 5.41) is 9.77. The molecular weight excluding hydrogens is 370 g/mol. The standard InChI is InChI=1S/C22H15N3O2S/c23-14-16-8-4-6-12-19(16)27-15-21(26)25(17-9-2-1-3-10-17)22-24-18-11-5-7-13-20(18)28-22/h1-13H,15H2. The number of hydrogen-bond donors (Lipinski definition) is 0. The summed E-state index contributed by atoms with van der Waals surface area (Å²) in [6.45, 7) is -0.205. The number of fused-ring (bicyclic) bond motifs is 1. The molecule has 4 rings (SSSR count). The number of thiazole rings is 1. The van der Waals surface area contributed by atoms with Gasteiger partial charge in [-0.1, -0.05) is 53.8 Å². The first-order valence-electron chi connectivity index (χ1n) is 8.62. The number of nitrogens with zero attached hydrogens (tertiary/aromatic N) is 3. The highest BCUT2D eigenvalue weighted by Crippen LogP contribution is 2.33. The lowest BCUT2D eigenvalue weighted by atomic mass is 10.2. The van der Waals surface area contributed by atoms with E-state index in [2.05, 4.69) is 11.1 Å². The number of carbonyl (C=O) groups is 1. The minimum Gasteiger partial charge on any atom is -0.482 e. The highest BCUT2D eigenvalue weighted by molar-refractivity contribution is 7.22. The Kier molecular flexibility index (Phi) is 5.00. The monoisotopic (exact) mass is 385 g/mol. The van der Waals surface area contributed by atoms with Gasteiger partial charge in [0, 0.05) is 0 Å². The molecule has 0 spiro atoms. The van der Waals surface area contributed by atoms with E-state index >= 15 is 0 Å². The Labute approximate surface area is 166 Å². The molecule has 0 fully saturated rings. The van der Waals surface area contributed by atoms with Crippen LogP contribution in [0.4, 0.5) is 10.8 Å². The Balaban J connectivity index is 1.65. The second kappa shape index (κ2) is 7.91. The van der Waals surface area contributed by atoms with Gasteiger partial charge in [-0.25, -0.2) is 4.98 Å². The average molecular weight is 385 g/mol. The van der Waals surface area contributed by atoms with E-state index in [1.54, 1.807) is 29.2 Å². The average Bonchev–Trinajstić information content (AvgIpc) is 3.17. The predicted molar refractivity (Wildman–Crippen MR) is 110 cm³/mol. The molecule has 3 aromatic carbocycles. The molecule has 28 heavy (non-hydrogen) atoms. The van der Waals surface area contributed by atoms with E-state index in [4.69, 9.17) is 4.74 Å². The van der Waals surface area contributed by atoms with Crippen LogP contribution in [-0.4, -0.2) is 17.5 Å². The molecule has 0 saturated carbocycles. The van der Waals surface area contributed by atoms with Crippen molar-refractivity contribution in [2.75, 3.05) is 11.5 Å². The van der Waals surface area contributed by atoms with Gasteiger partial charge in [0.2, 0.25) is 0 Å². The zero-order valence-electron chi connectivity index (χ0n) is 14.8. The number of anilines is 2. The van der Waals surface area contributed by atoms with Crippen molar-refractivity contribution in [2.24, 2.45) is 0 Å². The third-order valence-electron chi connectivity index (χ3n) is 4.10. The molecule has 6 heteroatoms. The van der Waals surface area contributed by atoms with Crippen LogP contribution in [0.5, 0.6) is 5.75 Å². The van der Waals surface area contributed by atoms with Crippen LogP contribution in [0.2, 0.25) is 0 Å². The maximum atomic E-state index is 13.1. The van der Waals surface area contributed by atoms with E-state index < -0.39 is 0 Å². The van der Waals surface area contributed by atoms with Crippen molar-refractivity contribution >= 4 is 38.3 Å². The maximum absolute atomic E-state index is 13.1. The molecule has 0 saturated heterocycles. The van der Waals surface area contributed by atoms with E-state index in [9.17, 15) is 10.1 Å². The Morgan fingerprint density at radius 3 is 2.50 bits per heavy atom. The predicted octanol–water partition coefficient (Wildman–Crippen LogP) is 4.91. The highest BCUT2D eigenvalue weighted by Gasteiger charge is 2.22. The lowest BCUT2D eigenvalue weighted by molar-refractivity contribution is -0.119. The van der Waals surface area contributed by atoms with Gasteiger partial charge in [0.1, 0.15) is 11.8 Å². The fourth-order valence-electron chi connectivity index (χ4n) is 2.78. The van der Waals surface area contributed by atoms with Crippen LogP contribution < -0.4 is 9.64 Å². The number of ether oxygens (including phenoxy) is 1. The van der Waals surface area contributed by atoms with Crippen molar-refractivity contribution in [3.63, 3.8) is 0 Å². The normalized spacial score (nSPS) is 10.4. The summed E-state index contributed by atoms with van der Waals surface area (Å²) in [4.78, 5) is 19.2. The molecule has 4 aromatic rings. The molecule has 136 valence electrons. The molecule has 0 aliphatic carbocycles. The fraction of sp³-hybridized carbons (Fsp3) is 0.0455. The van der Waals surface area contributed by atoms with Crippen molar-refractivity contribution < 1.29 is 9.53 Å². The zero-order chi connectivity index (χ0) is 19.3. The topological polar surface area (TPSA) is 66.2 Å².